The number of carbonyl (C=O) groups excluding carboxylic acids is 2. The Morgan fingerprint density at radius 3 is 2.61 bits per heavy atom. The molecule has 0 aliphatic carbocycles. The minimum Gasteiger partial charge on any atom is -0.548 e. The second-order valence-electron chi connectivity index (χ2n) is 5.67. The van der Waals surface area contributed by atoms with Crippen LogP contribution in [0.15, 0.2) is 24.3 Å². The molecule has 6 heteroatoms. The molecule has 124 valence electrons. The minimum atomic E-state index is -1.27. The molecule has 0 saturated heterocycles. The summed E-state index contributed by atoms with van der Waals surface area (Å²) in [6.07, 6.45) is 0.630. The van der Waals surface area contributed by atoms with Gasteiger partial charge < -0.3 is 24.5 Å². The van der Waals surface area contributed by atoms with Crippen LogP contribution in [0.4, 0.5) is 0 Å². The van der Waals surface area contributed by atoms with Gasteiger partial charge in [-0.3, -0.25) is 4.79 Å². The van der Waals surface area contributed by atoms with Crippen molar-refractivity contribution in [3.05, 3.63) is 30.0 Å². The lowest BCUT2D eigenvalue weighted by Gasteiger charge is -2.25. The molecule has 6 nitrogen and oxygen atoms in total. The number of aliphatic carboxylic acids is 1. The lowest BCUT2D eigenvalue weighted by Crippen LogP contribution is -2.51. The van der Waals surface area contributed by atoms with Gasteiger partial charge in [0.2, 0.25) is 0 Å². The molecule has 0 fully saturated rings. The fourth-order valence-electron chi connectivity index (χ4n) is 2.56. The normalized spacial score (nSPS) is 13.6. The Bertz CT molecular complexity index is 736. The number of rotatable bonds is 6. The van der Waals surface area contributed by atoms with Crippen molar-refractivity contribution in [3.63, 3.8) is 0 Å². The number of aromatic nitrogens is 1. The fraction of sp³-hybridized carbons (Fsp3) is 0.412. The molecule has 1 amide bonds. The number of ether oxygens (including phenoxy) is 1. The van der Waals surface area contributed by atoms with Gasteiger partial charge >= 0.3 is 0 Å². The number of aryl methyl sites for hydroxylation is 1. The number of nitrogens with zero attached hydrogens (tertiary/aromatic N) is 1. The van der Waals surface area contributed by atoms with E-state index in [0.29, 0.717) is 17.9 Å². The maximum absolute atomic E-state index is 12.5. The van der Waals surface area contributed by atoms with Crippen LogP contribution in [0.25, 0.3) is 10.9 Å². The van der Waals surface area contributed by atoms with E-state index >= 15 is 0 Å². The molecule has 1 aromatic carbocycles. The molecule has 0 aliphatic heterocycles. The second-order valence-corrected chi connectivity index (χ2v) is 5.67. The van der Waals surface area contributed by atoms with Crippen molar-refractivity contribution in [2.75, 3.05) is 7.11 Å². The second kappa shape index (κ2) is 6.73. The van der Waals surface area contributed by atoms with Crippen molar-refractivity contribution >= 4 is 22.8 Å². The molecule has 23 heavy (non-hydrogen) atoms. The smallest absolute Gasteiger partial charge is 0.268 e. The molecule has 1 aromatic heterocycles. The molecule has 1 heterocycles. The Morgan fingerprint density at radius 2 is 2.04 bits per heavy atom. The molecular formula is C17H21N2O4-. The number of hydrogen-bond acceptors (Lipinski definition) is 4. The molecule has 0 unspecified atom stereocenters. The summed E-state index contributed by atoms with van der Waals surface area (Å²) in [4.78, 5) is 23.7. The molecule has 2 atom stereocenters. The Kier molecular flexibility index (Phi) is 4.93. The standard InChI is InChI=1S/C17H22N2O4/c1-5-10(2)15(17(21)22)18-16(20)14-9-11-8-12(23-4)6-7-13(11)19(14)3/h6-10,15H,5H2,1-4H3,(H,18,20)(H,21,22)/p-1/t10-,15+/m1/s1. The van der Waals surface area contributed by atoms with Crippen LogP contribution in [-0.4, -0.2) is 29.6 Å². The van der Waals surface area contributed by atoms with E-state index in [1.54, 1.807) is 31.7 Å². The van der Waals surface area contributed by atoms with Crippen LogP contribution in [0.1, 0.15) is 30.8 Å². The van der Waals surface area contributed by atoms with Crippen LogP contribution in [0.5, 0.6) is 5.75 Å². The zero-order valence-corrected chi connectivity index (χ0v) is 13.8. The van der Waals surface area contributed by atoms with E-state index in [9.17, 15) is 14.7 Å². The van der Waals surface area contributed by atoms with Gasteiger partial charge in [-0.1, -0.05) is 20.3 Å². The van der Waals surface area contributed by atoms with Gasteiger partial charge in [-0.05, 0) is 30.2 Å². The summed E-state index contributed by atoms with van der Waals surface area (Å²) in [7, 11) is 3.34. The number of hydrogen-bond donors (Lipinski definition) is 1. The Labute approximate surface area is 135 Å². The van der Waals surface area contributed by atoms with Crippen molar-refractivity contribution in [2.45, 2.75) is 26.3 Å². The largest absolute Gasteiger partial charge is 0.548 e. The van der Waals surface area contributed by atoms with Gasteiger partial charge in [0.15, 0.2) is 0 Å². The first-order valence-corrected chi connectivity index (χ1v) is 7.54. The monoisotopic (exact) mass is 317 g/mol. The molecule has 1 N–H and O–H groups in total. The summed E-state index contributed by atoms with van der Waals surface area (Å²) in [5.41, 5.74) is 1.26. The summed E-state index contributed by atoms with van der Waals surface area (Å²) >= 11 is 0. The average Bonchev–Trinajstić information content (AvgIpc) is 2.87. The van der Waals surface area contributed by atoms with Crippen molar-refractivity contribution in [1.29, 1.82) is 0 Å². The van der Waals surface area contributed by atoms with Gasteiger partial charge in [0.25, 0.3) is 5.91 Å². The maximum atomic E-state index is 12.5. The summed E-state index contributed by atoms with van der Waals surface area (Å²) < 4.78 is 6.91. The number of benzene rings is 1. The highest BCUT2D eigenvalue weighted by Crippen LogP contribution is 2.24. The van der Waals surface area contributed by atoms with E-state index < -0.39 is 17.9 Å². The summed E-state index contributed by atoms with van der Waals surface area (Å²) in [5.74, 6) is -1.22. The van der Waals surface area contributed by atoms with Crippen molar-refractivity contribution in [1.82, 2.24) is 9.88 Å². The summed E-state index contributed by atoms with van der Waals surface area (Å²) in [6.45, 7) is 3.64. The predicted octanol–water partition coefficient (Wildman–Crippen LogP) is 1.08. The zero-order chi connectivity index (χ0) is 17.1. The molecule has 0 spiro atoms. The zero-order valence-electron chi connectivity index (χ0n) is 13.8. The van der Waals surface area contributed by atoms with Gasteiger partial charge in [0.1, 0.15) is 11.4 Å². The molecule has 2 aromatic rings. The molecule has 0 saturated carbocycles. The van der Waals surface area contributed by atoms with E-state index in [4.69, 9.17) is 4.74 Å². The third-order valence-electron chi connectivity index (χ3n) is 4.24. The van der Waals surface area contributed by atoms with E-state index in [1.165, 1.54) is 0 Å². The maximum Gasteiger partial charge on any atom is 0.268 e. The first-order chi connectivity index (χ1) is 10.9. The van der Waals surface area contributed by atoms with Crippen LogP contribution >= 0.6 is 0 Å². The van der Waals surface area contributed by atoms with Gasteiger partial charge in [0, 0.05) is 18.0 Å². The molecule has 0 bridgehead atoms. The fourth-order valence-corrected chi connectivity index (χ4v) is 2.56. The number of amides is 1. The first kappa shape index (κ1) is 16.9. The van der Waals surface area contributed by atoms with E-state index in [0.717, 1.165) is 10.9 Å². The van der Waals surface area contributed by atoms with Gasteiger partial charge in [-0.25, -0.2) is 0 Å². The highest BCUT2D eigenvalue weighted by Gasteiger charge is 2.22. The number of methoxy groups -OCH3 is 1. The molecule has 0 radical (unpaired) electrons. The quantitative estimate of drug-likeness (QED) is 0.864. The van der Waals surface area contributed by atoms with E-state index in [2.05, 4.69) is 5.32 Å². The van der Waals surface area contributed by atoms with Crippen LogP contribution in [0, 0.1) is 5.92 Å². The average molecular weight is 317 g/mol. The van der Waals surface area contributed by atoms with Crippen LogP contribution in [0.2, 0.25) is 0 Å². The Balaban J connectivity index is 2.33. The van der Waals surface area contributed by atoms with Crippen LogP contribution < -0.4 is 15.2 Å². The van der Waals surface area contributed by atoms with Crippen molar-refractivity contribution in [2.24, 2.45) is 13.0 Å². The van der Waals surface area contributed by atoms with Crippen LogP contribution in [-0.2, 0) is 11.8 Å². The molecular weight excluding hydrogens is 296 g/mol. The number of fused-ring (bicyclic) bond motifs is 1. The third-order valence-corrected chi connectivity index (χ3v) is 4.24. The molecule has 0 aliphatic rings. The third kappa shape index (κ3) is 3.31. The van der Waals surface area contributed by atoms with Gasteiger partial charge in [0.05, 0.1) is 19.1 Å². The molecule has 2 rings (SSSR count). The van der Waals surface area contributed by atoms with Crippen molar-refractivity contribution in [3.8, 4) is 5.75 Å². The van der Waals surface area contributed by atoms with Crippen LogP contribution in [0.3, 0.4) is 0 Å². The van der Waals surface area contributed by atoms with E-state index in [1.807, 2.05) is 25.1 Å². The van der Waals surface area contributed by atoms with Crippen molar-refractivity contribution < 1.29 is 19.4 Å². The van der Waals surface area contributed by atoms with Gasteiger partial charge in [-0.2, -0.15) is 0 Å². The SMILES string of the molecule is CC[C@@H](C)[C@H](NC(=O)c1cc2cc(OC)ccc2n1C)C(=O)[O-]. The minimum absolute atomic E-state index is 0.210. The highest BCUT2D eigenvalue weighted by atomic mass is 16.5. The Morgan fingerprint density at radius 1 is 1.35 bits per heavy atom. The first-order valence-electron chi connectivity index (χ1n) is 7.54. The Hall–Kier alpha value is -2.50. The number of carboxylic acids is 1. The van der Waals surface area contributed by atoms with E-state index in [-0.39, 0.29) is 5.92 Å². The predicted molar refractivity (Wildman–Crippen MR) is 85.2 cm³/mol. The highest BCUT2D eigenvalue weighted by molar-refractivity contribution is 6.00. The van der Waals surface area contributed by atoms with Gasteiger partial charge in [-0.15, -0.1) is 0 Å². The number of carbonyl (C=O) groups is 2. The summed E-state index contributed by atoms with van der Waals surface area (Å²) in [6, 6.07) is 6.20. The number of nitrogens with one attached hydrogen (secondary N) is 1. The lowest BCUT2D eigenvalue weighted by atomic mass is 9.99. The lowest BCUT2D eigenvalue weighted by molar-refractivity contribution is -0.309. The topological polar surface area (TPSA) is 83.4 Å². The number of carboxylic acid groups (broad SMARTS) is 1. The summed E-state index contributed by atoms with van der Waals surface area (Å²) in [5, 5.41) is 14.7.